The molecule has 0 radical (unpaired) electrons. The summed E-state index contributed by atoms with van der Waals surface area (Å²) in [6.07, 6.45) is 5.52. The maximum absolute atomic E-state index is 13.0. The lowest BCUT2D eigenvalue weighted by Gasteiger charge is -2.26. The molecule has 0 bridgehead atoms. The third kappa shape index (κ3) is 7.68. The molecule has 32 heavy (non-hydrogen) atoms. The number of benzene rings is 1. The molecule has 0 aliphatic carbocycles. The van der Waals surface area contributed by atoms with Gasteiger partial charge in [-0.1, -0.05) is 42.5 Å². The molecule has 1 heterocycles. The summed E-state index contributed by atoms with van der Waals surface area (Å²) in [7, 11) is 0. The van der Waals surface area contributed by atoms with Gasteiger partial charge in [-0.3, -0.25) is 19.2 Å². The van der Waals surface area contributed by atoms with Crippen molar-refractivity contribution in [2.45, 2.75) is 44.2 Å². The molecule has 3 N–H and O–H groups in total. The van der Waals surface area contributed by atoms with Gasteiger partial charge in [0.15, 0.2) is 0 Å². The van der Waals surface area contributed by atoms with Crippen LogP contribution >= 0.6 is 0 Å². The summed E-state index contributed by atoms with van der Waals surface area (Å²) in [6.45, 7) is 7.73. The van der Waals surface area contributed by atoms with Crippen LogP contribution in [0.15, 0.2) is 55.6 Å². The predicted octanol–water partition coefficient (Wildman–Crippen LogP) is 1.09. The van der Waals surface area contributed by atoms with Gasteiger partial charge in [-0.2, -0.15) is 0 Å². The van der Waals surface area contributed by atoms with Crippen molar-refractivity contribution in [3.8, 4) is 0 Å². The van der Waals surface area contributed by atoms with Gasteiger partial charge < -0.3 is 20.9 Å². The lowest BCUT2D eigenvalue weighted by atomic mass is 10.0. The Labute approximate surface area is 189 Å². The number of carbonyl (C=O) groups excluding carboxylic acids is 4. The molecule has 1 fully saturated rings. The number of nitrogens with zero attached hydrogens (tertiary/aromatic N) is 1. The van der Waals surface area contributed by atoms with Gasteiger partial charge in [0, 0.05) is 25.9 Å². The summed E-state index contributed by atoms with van der Waals surface area (Å²) in [4.78, 5) is 51.5. The fourth-order valence-corrected chi connectivity index (χ4v) is 3.56. The van der Waals surface area contributed by atoms with E-state index in [4.69, 9.17) is 0 Å². The number of nitrogens with one attached hydrogen (secondary N) is 3. The Balaban J connectivity index is 2.00. The highest BCUT2D eigenvalue weighted by molar-refractivity contribution is 5.93. The van der Waals surface area contributed by atoms with Crippen LogP contribution in [0.4, 0.5) is 0 Å². The van der Waals surface area contributed by atoms with E-state index in [1.165, 1.54) is 4.90 Å². The number of rotatable bonds is 12. The molecule has 1 aliphatic heterocycles. The molecule has 0 spiro atoms. The van der Waals surface area contributed by atoms with Crippen LogP contribution in [0.1, 0.15) is 31.2 Å². The zero-order valence-corrected chi connectivity index (χ0v) is 18.3. The average Bonchev–Trinajstić information content (AvgIpc) is 3.30. The van der Waals surface area contributed by atoms with E-state index in [9.17, 15) is 19.2 Å². The average molecular weight is 441 g/mol. The maximum atomic E-state index is 13.0. The molecule has 2 atom stereocenters. The van der Waals surface area contributed by atoms with Crippen molar-refractivity contribution in [3.63, 3.8) is 0 Å². The second-order valence-corrected chi connectivity index (χ2v) is 7.63. The molecular formula is C24H32N4O4. The number of hydrogen-bond acceptors (Lipinski definition) is 4. The fraction of sp³-hybridized carbons (Fsp3) is 0.417. The van der Waals surface area contributed by atoms with E-state index in [2.05, 4.69) is 29.1 Å². The summed E-state index contributed by atoms with van der Waals surface area (Å²) in [6, 6.07) is 7.96. The van der Waals surface area contributed by atoms with Crippen LogP contribution in [0.2, 0.25) is 0 Å². The van der Waals surface area contributed by atoms with Crippen LogP contribution in [0.5, 0.6) is 0 Å². The Morgan fingerprint density at radius 3 is 2.53 bits per heavy atom. The van der Waals surface area contributed by atoms with E-state index < -0.39 is 12.1 Å². The first-order chi connectivity index (χ1) is 15.5. The van der Waals surface area contributed by atoms with Gasteiger partial charge in [0.2, 0.25) is 23.6 Å². The lowest BCUT2D eigenvalue weighted by Crippen LogP contribution is -2.54. The summed E-state index contributed by atoms with van der Waals surface area (Å²) in [5, 5.41) is 8.13. The molecule has 1 aliphatic rings. The van der Waals surface area contributed by atoms with Crippen molar-refractivity contribution in [1.82, 2.24) is 20.9 Å². The molecular weight excluding hydrogens is 408 g/mol. The topological polar surface area (TPSA) is 108 Å². The van der Waals surface area contributed by atoms with Gasteiger partial charge in [0.25, 0.3) is 0 Å². The summed E-state index contributed by atoms with van der Waals surface area (Å²) in [5.41, 5.74) is 0.910. The van der Waals surface area contributed by atoms with Gasteiger partial charge in [0.1, 0.15) is 12.1 Å². The summed E-state index contributed by atoms with van der Waals surface area (Å²) < 4.78 is 0. The van der Waals surface area contributed by atoms with Gasteiger partial charge >= 0.3 is 0 Å². The van der Waals surface area contributed by atoms with Gasteiger partial charge in [-0.25, -0.2) is 0 Å². The zero-order valence-electron chi connectivity index (χ0n) is 18.3. The molecule has 8 nitrogen and oxygen atoms in total. The monoisotopic (exact) mass is 440 g/mol. The Hall–Kier alpha value is -3.42. The molecule has 172 valence electrons. The Bertz CT molecular complexity index is 825. The smallest absolute Gasteiger partial charge is 0.243 e. The van der Waals surface area contributed by atoms with Crippen LogP contribution in [-0.4, -0.2) is 60.2 Å². The minimum Gasteiger partial charge on any atom is -0.351 e. The molecule has 0 saturated carbocycles. The molecule has 1 saturated heterocycles. The highest BCUT2D eigenvalue weighted by atomic mass is 16.2. The highest BCUT2D eigenvalue weighted by Crippen LogP contribution is 2.18. The standard InChI is InChI=1S/C24H32N4O4/c1-3-5-13-21(29)26-17-22(30)28-15-9-12-20(28)24(32)27-19(23(31)25-14-4-2)16-18-10-7-6-8-11-18/h3-4,6-8,10-11,19-20H,1-2,5,9,12-17H2,(H,25,31)(H,26,29)(H,27,32)/t19-,20-/m0/s1. The van der Waals surface area contributed by atoms with E-state index in [1.807, 2.05) is 30.3 Å². The number of hydrogen-bond donors (Lipinski definition) is 3. The van der Waals surface area contributed by atoms with Crippen LogP contribution in [0.3, 0.4) is 0 Å². The lowest BCUT2D eigenvalue weighted by molar-refractivity contribution is -0.139. The van der Waals surface area contributed by atoms with Crippen molar-refractivity contribution in [2.75, 3.05) is 19.6 Å². The van der Waals surface area contributed by atoms with E-state index in [0.717, 1.165) is 5.56 Å². The highest BCUT2D eigenvalue weighted by Gasteiger charge is 2.35. The van der Waals surface area contributed by atoms with Crippen molar-refractivity contribution in [2.24, 2.45) is 0 Å². The number of allylic oxidation sites excluding steroid dienone is 1. The van der Waals surface area contributed by atoms with Crippen LogP contribution < -0.4 is 16.0 Å². The molecule has 0 aromatic heterocycles. The Morgan fingerprint density at radius 1 is 1.09 bits per heavy atom. The molecule has 0 unspecified atom stereocenters. The van der Waals surface area contributed by atoms with E-state index >= 15 is 0 Å². The number of likely N-dealkylation sites (tertiary alicyclic amines) is 1. The zero-order chi connectivity index (χ0) is 23.3. The van der Waals surface area contributed by atoms with Crippen molar-refractivity contribution in [3.05, 3.63) is 61.2 Å². The Morgan fingerprint density at radius 2 is 1.84 bits per heavy atom. The molecule has 1 aromatic carbocycles. The van der Waals surface area contributed by atoms with E-state index in [0.29, 0.717) is 38.8 Å². The second kappa shape index (κ2) is 13.1. The predicted molar refractivity (Wildman–Crippen MR) is 122 cm³/mol. The Kier molecular flexibility index (Phi) is 10.2. The van der Waals surface area contributed by atoms with Gasteiger partial charge in [-0.15, -0.1) is 13.2 Å². The van der Waals surface area contributed by atoms with Gasteiger partial charge in [-0.05, 0) is 24.8 Å². The molecule has 8 heteroatoms. The number of amides is 4. The minimum absolute atomic E-state index is 0.160. The minimum atomic E-state index is -0.777. The first-order valence-corrected chi connectivity index (χ1v) is 10.9. The first-order valence-electron chi connectivity index (χ1n) is 10.9. The van der Waals surface area contributed by atoms with Gasteiger partial charge in [0.05, 0.1) is 6.54 Å². The second-order valence-electron chi connectivity index (χ2n) is 7.63. The molecule has 1 aromatic rings. The number of carbonyl (C=O) groups is 4. The van der Waals surface area contributed by atoms with Crippen LogP contribution in [-0.2, 0) is 25.6 Å². The molecule has 4 amide bonds. The van der Waals surface area contributed by atoms with Crippen LogP contribution in [0.25, 0.3) is 0 Å². The van der Waals surface area contributed by atoms with Crippen molar-refractivity contribution >= 4 is 23.6 Å². The quantitative estimate of drug-likeness (QED) is 0.423. The summed E-state index contributed by atoms with van der Waals surface area (Å²) in [5.74, 6) is -1.23. The molecule has 2 rings (SSSR count). The van der Waals surface area contributed by atoms with E-state index in [1.54, 1.807) is 12.2 Å². The maximum Gasteiger partial charge on any atom is 0.243 e. The van der Waals surface area contributed by atoms with Crippen molar-refractivity contribution < 1.29 is 19.2 Å². The first kappa shape index (κ1) is 24.8. The third-order valence-electron chi connectivity index (χ3n) is 5.22. The normalized spacial score (nSPS) is 16.0. The largest absolute Gasteiger partial charge is 0.351 e. The third-order valence-corrected chi connectivity index (χ3v) is 5.22. The van der Waals surface area contributed by atoms with E-state index in [-0.39, 0.29) is 36.6 Å². The van der Waals surface area contributed by atoms with Crippen LogP contribution in [0, 0.1) is 0 Å². The fourth-order valence-electron chi connectivity index (χ4n) is 3.56. The van der Waals surface area contributed by atoms with Crippen molar-refractivity contribution in [1.29, 1.82) is 0 Å². The summed E-state index contributed by atoms with van der Waals surface area (Å²) >= 11 is 0. The SMILES string of the molecule is C=CCCC(=O)NCC(=O)N1CCC[C@H]1C(=O)N[C@@H](Cc1ccccc1)C(=O)NCC=C.